The van der Waals surface area contributed by atoms with Gasteiger partial charge in [-0.1, -0.05) is 66.7 Å². The van der Waals surface area contributed by atoms with Crippen molar-refractivity contribution >= 4 is 5.91 Å². The number of amides is 1. The van der Waals surface area contributed by atoms with Crippen LogP contribution in [0.3, 0.4) is 0 Å². The second-order valence-corrected chi connectivity index (χ2v) is 10.3. The summed E-state index contributed by atoms with van der Waals surface area (Å²) in [6.07, 6.45) is 6.35. The zero-order valence-corrected chi connectivity index (χ0v) is 21.1. The molecule has 2 heterocycles. The number of allylic oxidation sites excluding steroid dienone is 1. The molecule has 0 radical (unpaired) electrons. The monoisotopic (exact) mass is 495 g/mol. The van der Waals surface area contributed by atoms with Crippen molar-refractivity contribution in [2.24, 2.45) is 0 Å². The number of fused-ring (bicyclic) bond motifs is 3. The molecule has 1 fully saturated rings. The van der Waals surface area contributed by atoms with Crippen molar-refractivity contribution in [3.8, 4) is 11.1 Å². The number of carbonyl (C=O) groups is 1. The minimum atomic E-state index is -0.517. The van der Waals surface area contributed by atoms with E-state index in [0.29, 0.717) is 18.8 Å². The molecule has 1 amide bonds. The lowest BCUT2D eigenvalue weighted by Gasteiger charge is -2.33. The fraction of sp³-hybridized carbons (Fsp3) is 0.344. The van der Waals surface area contributed by atoms with Gasteiger partial charge in [0.1, 0.15) is 0 Å². The SMILES string of the molecule is O=C(C1=C[C@H](c2ccc3c(c2)-c2ccccc2C3)C[C@H](OCc2ccc(CO)cc2)O1)N1CCCCC1. The summed E-state index contributed by atoms with van der Waals surface area (Å²) in [6.45, 7) is 1.96. The highest BCUT2D eigenvalue weighted by atomic mass is 16.7. The van der Waals surface area contributed by atoms with E-state index in [1.165, 1.54) is 34.2 Å². The van der Waals surface area contributed by atoms with Gasteiger partial charge < -0.3 is 19.5 Å². The van der Waals surface area contributed by atoms with Crippen LogP contribution >= 0.6 is 0 Å². The summed E-state index contributed by atoms with van der Waals surface area (Å²) in [7, 11) is 0. The zero-order chi connectivity index (χ0) is 25.2. The number of aliphatic hydroxyl groups is 1. The number of piperidine rings is 1. The van der Waals surface area contributed by atoms with Crippen molar-refractivity contribution in [1.29, 1.82) is 0 Å². The fourth-order valence-electron chi connectivity index (χ4n) is 5.70. The smallest absolute Gasteiger partial charge is 0.288 e. The fourth-order valence-corrected chi connectivity index (χ4v) is 5.70. The summed E-state index contributed by atoms with van der Waals surface area (Å²) in [5.74, 6) is 0.397. The Balaban J connectivity index is 1.26. The zero-order valence-electron chi connectivity index (χ0n) is 21.1. The first kappa shape index (κ1) is 24.0. The second kappa shape index (κ2) is 10.5. The Morgan fingerprint density at radius 1 is 0.919 bits per heavy atom. The first-order valence-electron chi connectivity index (χ1n) is 13.4. The summed E-state index contributed by atoms with van der Waals surface area (Å²) < 4.78 is 12.4. The van der Waals surface area contributed by atoms with Crippen LogP contribution in [0.2, 0.25) is 0 Å². The quantitative estimate of drug-likeness (QED) is 0.373. The number of hydrogen-bond acceptors (Lipinski definition) is 4. The molecule has 37 heavy (non-hydrogen) atoms. The van der Waals surface area contributed by atoms with E-state index in [4.69, 9.17) is 9.47 Å². The lowest BCUT2D eigenvalue weighted by Crippen LogP contribution is -2.39. The Kier molecular flexibility index (Phi) is 6.81. The Hall–Kier alpha value is -3.41. The summed E-state index contributed by atoms with van der Waals surface area (Å²) in [4.78, 5) is 15.3. The average Bonchev–Trinajstić information content (AvgIpc) is 3.34. The highest BCUT2D eigenvalue weighted by Crippen LogP contribution is 2.40. The average molecular weight is 496 g/mol. The van der Waals surface area contributed by atoms with Crippen molar-refractivity contribution < 1.29 is 19.4 Å². The lowest BCUT2D eigenvalue weighted by atomic mass is 9.90. The maximum absolute atomic E-state index is 13.4. The predicted molar refractivity (Wildman–Crippen MR) is 143 cm³/mol. The number of ether oxygens (including phenoxy) is 2. The van der Waals surface area contributed by atoms with Crippen molar-refractivity contribution in [2.75, 3.05) is 13.1 Å². The maximum Gasteiger partial charge on any atom is 0.288 e. The third kappa shape index (κ3) is 5.07. The van der Waals surface area contributed by atoms with Gasteiger partial charge in [0.05, 0.1) is 13.2 Å². The number of likely N-dealkylation sites (tertiary alicyclic amines) is 1. The van der Waals surface area contributed by atoms with E-state index in [1.807, 2.05) is 35.2 Å². The Morgan fingerprint density at radius 2 is 1.68 bits per heavy atom. The summed E-state index contributed by atoms with van der Waals surface area (Å²) in [6, 6.07) is 23.0. The van der Waals surface area contributed by atoms with Gasteiger partial charge in [-0.15, -0.1) is 0 Å². The van der Waals surface area contributed by atoms with Crippen LogP contribution in [0.4, 0.5) is 0 Å². The largest absolute Gasteiger partial charge is 0.459 e. The topological polar surface area (TPSA) is 59.0 Å². The minimum absolute atomic E-state index is 0.0204. The molecule has 0 saturated carbocycles. The molecule has 3 aromatic carbocycles. The van der Waals surface area contributed by atoms with Gasteiger partial charge in [0.25, 0.3) is 5.91 Å². The number of aliphatic hydroxyl groups excluding tert-OH is 1. The van der Waals surface area contributed by atoms with Crippen LogP contribution < -0.4 is 0 Å². The van der Waals surface area contributed by atoms with Gasteiger partial charge in [-0.05, 0) is 70.7 Å². The van der Waals surface area contributed by atoms with Gasteiger partial charge in [0.15, 0.2) is 5.76 Å². The molecule has 190 valence electrons. The van der Waals surface area contributed by atoms with E-state index in [1.54, 1.807) is 0 Å². The molecule has 0 spiro atoms. The highest BCUT2D eigenvalue weighted by molar-refractivity contribution is 5.92. The molecule has 2 aliphatic heterocycles. The number of rotatable bonds is 6. The Bertz CT molecular complexity index is 1310. The van der Waals surface area contributed by atoms with Crippen molar-refractivity contribution in [3.05, 3.63) is 106 Å². The molecule has 3 aromatic rings. The molecule has 1 saturated heterocycles. The third-order valence-electron chi connectivity index (χ3n) is 7.80. The summed E-state index contributed by atoms with van der Waals surface area (Å²) >= 11 is 0. The Morgan fingerprint density at radius 3 is 2.49 bits per heavy atom. The lowest BCUT2D eigenvalue weighted by molar-refractivity contribution is -0.156. The van der Waals surface area contributed by atoms with E-state index < -0.39 is 6.29 Å². The van der Waals surface area contributed by atoms with Gasteiger partial charge in [0, 0.05) is 25.4 Å². The maximum atomic E-state index is 13.4. The Labute approximate surface area is 218 Å². The third-order valence-corrected chi connectivity index (χ3v) is 7.80. The molecule has 0 bridgehead atoms. The van der Waals surface area contributed by atoms with Crippen LogP contribution in [-0.4, -0.2) is 35.3 Å². The normalized spacial score (nSPS) is 20.6. The van der Waals surface area contributed by atoms with Gasteiger partial charge in [0.2, 0.25) is 6.29 Å². The van der Waals surface area contributed by atoms with Gasteiger partial charge in [-0.3, -0.25) is 4.79 Å². The summed E-state index contributed by atoms with van der Waals surface area (Å²) in [5.41, 5.74) is 8.37. The van der Waals surface area contributed by atoms with Gasteiger partial charge in [-0.25, -0.2) is 0 Å². The number of carbonyl (C=O) groups excluding carboxylic acids is 1. The van der Waals surface area contributed by atoms with Crippen LogP contribution in [0.5, 0.6) is 0 Å². The molecule has 2 atom stereocenters. The van der Waals surface area contributed by atoms with Crippen LogP contribution in [-0.2, 0) is 33.9 Å². The minimum Gasteiger partial charge on any atom is -0.459 e. The number of nitrogens with zero attached hydrogens (tertiary/aromatic N) is 1. The van der Waals surface area contributed by atoms with E-state index in [-0.39, 0.29) is 18.4 Å². The van der Waals surface area contributed by atoms with E-state index in [2.05, 4.69) is 42.5 Å². The molecule has 1 aliphatic carbocycles. The summed E-state index contributed by atoms with van der Waals surface area (Å²) in [5, 5.41) is 9.31. The van der Waals surface area contributed by atoms with Crippen LogP contribution in [0.15, 0.2) is 78.6 Å². The van der Waals surface area contributed by atoms with E-state index >= 15 is 0 Å². The molecule has 1 N–H and O–H groups in total. The van der Waals surface area contributed by atoms with Crippen molar-refractivity contribution in [2.45, 2.75) is 57.5 Å². The number of benzene rings is 3. The van der Waals surface area contributed by atoms with Crippen LogP contribution in [0.25, 0.3) is 11.1 Å². The molecule has 0 aromatic heterocycles. The second-order valence-electron chi connectivity index (χ2n) is 10.3. The molecular formula is C32H33NO4. The first-order valence-corrected chi connectivity index (χ1v) is 13.4. The van der Waals surface area contributed by atoms with Crippen molar-refractivity contribution in [3.63, 3.8) is 0 Å². The molecule has 5 heteroatoms. The van der Waals surface area contributed by atoms with Crippen LogP contribution in [0, 0.1) is 0 Å². The van der Waals surface area contributed by atoms with Gasteiger partial charge in [-0.2, -0.15) is 0 Å². The van der Waals surface area contributed by atoms with Gasteiger partial charge >= 0.3 is 0 Å². The first-order chi connectivity index (χ1) is 18.2. The molecular weight excluding hydrogens is 462 g/mol. The number of hydrogen-bond donors (Lipinski definition) is 1. The van der Waals surface area contributed by atoms with E-state index in [9.17, 15) is 9.90 Å². The van der Waals surface area contributed by atoms with E-state index in [0.717, 1.165) is 43.5 Å². The standard InChI is InChI=1S/C32H33NO4/c34-20-22-8-10-23(11-9-22)21-36-31-19-27(18-30(37-31)32(35)33-14-4-1-5-15-33)24-12-13-26-16-25-6-2-3-7-28(25)29(26)17-24/h2-3,6-13,17-18,27,31,34H,1,4-5,14-16,19-21H2/t27-,31+/m0/s1. The van der Waals surface area contributed by atoms with Crippen LogP contribution in [0.1, 0.15) is 59.4 Å². The van der Waals surface area contributed by atoms with Crippen molar-refractivity contribution in [1.82, 2.24) is 4.90 Å². The predicted octanol–water partition coefficient (Wildman–Crippen LogP) is 5.69. The highest BCUT2D eigenvalue weighted by Gasteiger charge is 2.32. The molecule has 6 rings (SSSR count). The molecule has 0 unspecified atom stereocenters. The molecule has 3 aliphatic rings. The molecule has 5 nitrogen and oxygen atoms in total.